The highest BCUT2D eigenvalue weighted by Crippen LogP contribution is 2.28. The summed E-state index contributed by atoms with van der Waals surface area (Å²) in [5.41, 5.74) is 3.74. The number of H-pyrrole nitrogens is 1. The molecule has 0 unspecified atom stereocenters. The van der Waals surface area contributed by atoms with Gasteiger partial charge in [0.15, 0.2) is 5.82 Å². The molecule has 0 saturated heterocycles. The van der Waals surface area contributed by atoms with Crippen molar-refractivity contribution in [2.45, 2.75) is 52.9 Å². The van der Waals surface area contributed by atoms with Crippen LogP contribution in [0.4, 0.5) is 0 Å². The monoisotopic (exact) mass is 462 g/mol. The van der Waals surface area contributed by atoms with Crippen molar-refractivity contribution < 1.29 is 9.47 Å². The molecular formula is C24H30N8O2. The molecule has 0 spiro atoms. The summed E-state index contributed by atoms with van der Waals surface area (Å²) >= 11 is 0. The van der Waals surface area contributed by atoms with Crippen molar-refractivity contribution in [2.75, 3.05) is 13.2 Å². The molecule has 3 aromatic heterocycles. The number of nitrogens with one attached hydrogen (secondary N) is 1. The molecule has 0 saturated carbocycles. The van der Waals surface area contributed by atoms with Crippen LogP contribution < -0.4 is 0 Å². The molecule has 0 bridgehead atoms. The molecule has 0 aliphatic heterocycles. The summed E-state index contributed by atoms with van der Waals surface area (Å²) in [5.74, 6) is 2.04. The number of unbranched alkanes of at least 4 members (excludes halogenated alkanes) is 1. The number of rotatable bonds is 12. The molecule has 4 aromatic rings. The van der Waals surface area contributed by atoms with Gasteiger partial charge < -0.3 is 9.47 Å². The van der Waals surface area contributed by atoms with Crippen LogP contribution in [0.25, 0.3) is 22.6 Å². The molecule has 1 aromatic carbocycles. The number of hydrogen-bond donors (Lipinski definition) is 1. The van der Waals surface area contributed by atoms with Crippen molar-refractivity contribution in [2.24, 2.45) is 0 Å². The number of aromatic amines is 1. The number of pyridine rings is 1. The largest absolute Gasteiger partial charge is 0.346 e. The minimum atomic E-state index is -0.556. The fourth-order valence-corrected chi connectivity index (χ4v) is 3.67. The third-order valence-corrected chi connectivity index (χ3v) is 5.33. The maximum atomic E-state index is 5.71. The van der Waals surface area contributed by atoms with Crippen LogP contribution in [-0.4, -0.2) is 53.6 Å². The van der Waals surface area contributed by atoms with Crippen molar-refractivity contribution in [1.29, 1.82) is 0 Å². The number of nitrogens with zero attached hydrogens (tertiary/aromatic N) is 7. The summed E-state index contributed by atoms with van der Waals surface area (Å²) in [6, 6.07) is 12.0. The third-order valence-electron chi connectivity index (χ3n) is 5.33. The highest BCUT2D eigenvalue weighted by atomic mass is 16.7. The topological polar surface area (TPSA) is 117 Å². The van der Waals surface area contributed by atoms with Crippen LogP contribution in [0, 0.1) is 0 Å². The Morgan fingerprint density at radius 3 is 2.44 bits per heavy atom. The quantitative estimate of drug-likeness (QED) is 0.314. The fourth-order valence-electron chi connectivity index (χ4n) is 3.67. The first-order chi connectivity index (χ1) is 16.7. The Bertz CT molecular complexity index is 1150. The van der Waals surface area contributed by atoms with Gasteiger partial charge in [-0.1, -0.05) is 43.7 Å². The Hall–Kier alpha value is -3.50. The summed E-state index contributed by atoms with van der Waals surface area (Å²) in [7, 11) is 0. The van der Waals surface area contributed by atoms with E-state index in [-0.39, 0.29) is 0 Å². The zero-order chi connectivity index (χ0) is 23.8. The van der Waals surface area contributed by atoms with Crippen LogP contribution in [0.3, 0.4) is 0 Å². The molecule has 0 radical (unpaired) electrons. The van der Waals surface area contributed by atoms with Crippen LogP contribution in [0.15, 0.2) is 42.6 Å². The average molecular weight is 463 g/mol. The molecule has 0 fully saturated rings. The van der Waals surface area contributed by atoms with Crippen molar-refractivity contribution in [3.8, 4) is 22.6 Å². The lowest BCUT2D eigenvalue weighted by Gasteiger charge is -2.12. The minimum Gasteiger partial charge on any atom is -0.346 e. The van der Waals surface area contributed by atoms with Gasteiger partial charge in [0.1, 0.15) is 5.82 Å². The lowest BCUT2D eigenvalue weighted by Crippen LogP contribution is -2.11. The maximum absolute atomic E-state index is 5.71. The summed E-state index contributed by atoms with van der Waals surface area (Å²) in [6.07, 6.45) is 4.04. The number of benzene rings is 1. The van der Waals surface area contributed by atoms with E-state index < -0.39 is 6.29 Å². The van der Waals surface area contributed by atoms with Gasteiger partial charge in [0.2, 0.25) is 12.1 Å². The molecule has 3 heterocycles. The van der Waals surface area contributed by atoms with Crippen LogP contribution in [-0.2, 0) is 22.4 Å². The van der Waals surface area contributed by atoms with E-state index in [9.17, 15) is 0 Å². The number of ether oxygens (including phenoxy) is 2. The van der Waals surface area contributed by atoms with E-state index in [4.69, 9.17) is 24.5 Å². The normalized spacial score (nSPS) is 11.4. The van der Waals surface area contributed by atoms with Gasteiger partial charge in [-0.25, -0.2) is 14.8 Å². The van der Waals surface area contributed by atoms with Crippen molar-refractivity contribution in [3.63, 3.8) is 0 Å². The maximum Gasteiger partial charge on any atom is 0.221 e. The smallest absolute Gasteiger partial charge is 0.221 e. The van der Waals surface area contributed by atoms with Crippen LogP contribution in [0.1, 0.15) is 57.1 Å². The van der Waals surface area contributed by atoms with Gasteiger partial charge in [-0.2, -0.15) is 5.10 Å². The molecular weight excluding hydrogens is 432 g/mol. The Labute approximate surface area is 198 Å². The Morgan fingerprint density at radius 2 is 1.79 bits per heavy atom. The zero-order valence-corrected chi connectivity index (χ0v) is 19.8. The zero-order valence-electron chi connectivity index (χ0n) is 19.8. The summed E-state index contributed by atoms with van der Waals surface area (Å²) in [6.45, 7) is 7.89. The number of aryl methyl sites for hydroxylation is 1. The Kier molecular flexibility index (Phi) is 8.05. The van der Waals surface area contributed by atoms with Gasteiger partial charge in [0.05, 0.1) is 5.69 Å². The van der Waals surface area contributed by atoms with E-state index in [0.29, 0.717) is 31.3 Å². The molecule has 4 rings (SSSR count). The third kappa shape index (κ3) is 5.52. The first kappa shape index (κ1) is 23.7. The summed E-state index contributed by atoms with van der Waals surface area (Å²) in [5, 5.41) is 18.9. The first-order valence-electron chi connectivity index (χ1n) is 11.7. The summed E-state index contributed by atoms with van der Waals surface area (Å²) < 4.78 is 13.4. The van der Waals surface area contributed by atoms with Gasteiger partial charge in [-0.3, -0.25) is 4.98 Å². The molecule has 10 heteroatoms. The SMILES string of the molecule is CCCCn1nc(C(OCC)OCC)nc1Cc1ccc(-c2ccccc2-c2nnn[nH]2)nc1. The van der Waals surface area contributed by atoms with Crippen LogP contribution in [0.2, 0.25) is 0 Å². The second kappa shape index (κ2) is 11.6. The van der Waals surface area contributed by atoms with Crippen LogP contribution >= 0.6 is 0 Å². The lowest BCUT2D eigenvalue weighted by atomic mass is 10.0. The fraction of sp³-hybridized carbons (Fsp3) is 0.417. The highest BCUT2D eigenvalue weighted by molar-refractivity contribution is 5.78. The molecule has 0 atom stereocenters. The molecule has 1 N–H and O–H groups in total. The van der Waals surface area contributed by atoms with E-state index in [0.717, 1.165) is 47.6 Å². The Balaban J connectivity index is 1.58. The predicted octanol–water partition coefficient (Wildman–Crippen LogP) is 3.98. The molecule has 0 aliphatic carbocycles. The standard InChI is InChI=1S/C24H30N8O2/c1-4-7-14-32-21(26-23(29-32)24(33-5-2)34-6-3)15-17-12-13-20(25-16-17)18-10-8-9-11-19(18)22-27-30-31-28-22/h8-13,16,24H,4-7,14-15H2,1-3H3,(H,27,28,30,31). The predicted molar refractivity (Wildman–Crippen MR) is 127 cm³/mol. The van der Waals surface area contributed by atoms with Crippen molar-refractivity contribution >= 4 is 0 Å². The first-order valence-corrected chi connectivity index (χ1v) is 11.7. The molecule has 0 amide bonds. The average Bonchev–Trinajstić information content (AvgIpc) is 3.54. The van der Waals surface area contributed by atoms with Crippen molar-refractivity contribution in [3.05, 3.63) is 59.8 Å². The molecule has 34 heavy (non-hydrogen) atoms. The Morgan fingerprint density at radius 1 is 1.00 bits per heavy atom. The van der Waals surface area contributed by atoms with Gasteiger partial charge >= 0.3 is 0 Å². The molecule has 0 aliphatic rings. The van der Waals surface area contributed by atoms with Gasteiger partial charge in [0, 0.05) is 43.5 Å². The van der Waals surface area contributed by atoms with E-state index in [2.05, 4.69) is 33.6 Å². The second-order valence-corrected chi connectivity index (χ2v) is 7.73. The van der Waals surface area contributed by atoms with Crippen LogP contribution in [0.5, 0.6) is 0 Å². The molecule has 10 nitrogen and oxygen atoms in total. The van der Waals surface area contributed by atoms with Gasteiger partial charge in [0.25, 0.3) is 0 Å². The van der Waals surface area contributed by atoms with E-state index in [1.807, 2.05) is 55.1 Å². The minimum absolute atomic E-state index is 0.528. The molecule has 178 valence electrons. The number of aromatic nitrogens is 8. The van der Waals surface area contributed by atoms with Gasteiger partial charge in [-0.05, 0) is 42.3 Å². The van der Waals surface area contributed by atoms with E-state index >= 15 is 0 Å². The summed E-state index contributed by atoms with van der Waals surface area (Å²) in [4.78, 5) is 9.49. The van der Waals surface area contributed by atoms with E-state index in [1.165, 1.54) is 0 Å². The second-order valence-electron chi connectivity index (χ2n) is 7.73. The number of tetrazole rings is 1. The van der Waals surface area contributed by atoms with Crippen molar-refractivity contribution in [1.82, 2.24) is 40.4 Å². The van der Waals surface area contributed by atoms with Gasteiger partial charge in [-0.15, -0.1) is 5.10 Å². The lowest BCUT2D eigenvalue weighted by molar-refractivity contribution is -0.145. The van der Waals surface area contributed by atoms with E-state index in [1.54, 1.807) is 0 Å². The number of hydrogen-bond acceptors (Lipinski definition) is 8. The highest BCUT2D eigenvalue weighted by Gasteiger charge is 2.20.